The van der Waals surface area contributed by atoms with Crippen LogP contribution in [0.25, 0.3) is 0 Å². The molecule has 0 amide bonds. The molecule has 0 saturated heterocycles. The smallest absolute Gasteiger partial charge is 0.121 e. The van der Waals surface area contributed by atoms with Gasteiger partial charge < -0.3 is 33.8 Å². The van der Waals surface area contributed by atoms with E-state index in [0.717, 1.165) is 0 Å². The largest absolute Gasteiger partial charge is 0.808 e. The summed E-state index contributed by atoms with van der Waals surface area (Å²) < 4.78 is 21.5. The van der Waals surface area contributed by atoms with Crippen molar-refractivity contribution in [2.24, 2.45) is 0 Å². The number of aliphatic hydroxyl groups is 1. The number of hydrogen-bond acceptors (Lipinski definition) is 7. The van der Waals surface area contributed by atoms with Crippen molar-refractivity contribution in [3.63, 3.8) is 0 Å². The summed E-state index contributed by atoms with van der Waals surface area (Å²) in [4.78, 5) is 43.0. The lowest BCUT2D eigenvalue weighted by molar-refractivity contribution is -0.348. The summed E-state index contributed by atoms with van der Waals surface area (Å²) in [6.45, 7) is 0. The molecular formula is C8H8O7P2-4. The molecule has 0 bridgehead atoms. The molecule has 7 nitrogen and oxygen atoms in total. The molecule has 0 spiro atoms. The van der Waals surface area contributed by atoms with E-state index < -0.39 is 26.7 Å². The average molecular weight is 278 g/mol. The van der Waals surface area contributed by atoms with Gasteiger partial charge in [0.2, 0.25) is 0 Å². The number of hydrogen-bond donors (Lipinski definition) is 1. The highest BCUT2D eigenvalue weighted by atomic mass is 31.2. The van der Waals surface area contributed by atoms with Crippen molar-refractivity contribution >= 4 is 15.2 Å². The maximum Gasteiger partial charge on any atom is 0.121 e. The minimum atomic E-state index is -6.01. The third kappa shape index (κ3) is 3.03. The van der Waals surface area contributed by atoms with Gasteiger partial charge in [-0.05, 0) is 20.8 Å². The molecule has 1 aromatic rings. The first-order chi connectivity index (χ1) is 7.58. The molecule has 0 saturated carbocycles. The van der Waals surface area contributed by atoms with Crippen molar-refractivity contribution in [2.45, 2.75) is 11.5 Å². The first-order valence-corrected chi connectivity index (χ1v) is 7.47. The number of benzene rings is 1. The molecular weight excluding hydrogens is 270 g/mol. The minimum absolute atomic E-state index is 0.0499. The molecule has 17 heavy (non-hydrogen) atoms. The quantitative estimate of drug-likeness (QED) is 0.609. The fourth-order valence-corrected chi connectivity index (χ4v) is 3.17. The Morgan fingerprint density at radius 1 is 1.00 bits per heavy atom. The Morgan fingerprint density at radius 2 is 1.41 bits per heavy atom. The van der Waals surface area contributed by atoms with Crippen LogP contribution in [0.3, 0.4) is 0 Å². The molecule has 1 rings (SSSR count). The van der Waals surface area contributed by atoms with E-state index in [0.29, 0.717) is 0 Å². The molecule has 0 heterocycles. The monoisotopic (exact) mass is 278 g/mol. The van der Waals surface area contributed by atoms with Gasteiger partial charge in [-0.3, -0.25) is 0 Å². The van der Waals surface area contributed by atoms with Crippen LogP contribution in [0.1, 0.15) is 5.56 Å². The molecule has 0 atom stereocenters. The van der Waals surface area contributed by atoms with Crippen LogP contribution in [-0.4, -0.2) is 10.2 Å². The summed E-state index contributed by atoms with van der Waals surface area (Å²) in [6.07, 6.45) is -1.08. The molecule has 0 unspecified atom stereocenters. The zero-order chi connectivity index (χ0) is 13.3. The second-order valence-corrected chi connectivity index (χ2v) is 7.25. The van der Waals surface area contributed by atoms with E-state index in [1.807, 2.05) is 0 Å². The zero-order valence-electron chi connectivity index (χ0n) is 8.38. The van der Waals surface area contributed by atoms with Gasteiger partial charge in [-0.25, -0.2) is 0 Å². The van der Waals surface area contributed by atoms with E-state index in [9.17, 15) is 33.8 Å². The van der Waals surface area contributed by atoms with Gasteiger partial charge in [-0.15, -0.1) is 0 Å². The molecule has 0 fully saturated rings. The molecule has 9 heteroatoms. The van der Waals surface area contributed by atoms with E-state index in [2.05, 4.69) is 0 Å². The second kappa shape index (κ2) is 4.63. The average Bonchev–Trinajstić information content (AvgIpc) is 2.15. The van der Waals surface area contributed by atoms with E-state index in [4.69, 9.17) is 0 Å². The minimum Gasteiger partial charge on any atom is -0.808 e. The molecule has 0 aliphatic rings. The van der Waals surface area contributed by atoms with Crippen molar-refractivity contribution in [3.05, 3.63) is 35.9 Å². The Hall–Kier alpha value is -0.520. The highest BCUT2D eigenvalue weighted by Gasteiger charge is 2.35. The van der Waals surface area contributed by atoms with Gasteiger partial charge >= 0.3 is 0 Å². The Labute approximate surface area is 97.1 Å². The van der Waals surface area contributed by atoms with Crippen molar-refractivity contribution in [2.75, 3.05) is 0 Å². The summed E-state index contributed by atoms with van der Waals surface area (Å²) in [5.41, 5.74) is 0.0499. The first kappa shape index (κ1) is 14.5. The number of rotatable bonds is 4. The molecule has 0 aromatic heterocycles. The molecule has 0 radical (unpaired) electrons. The SMILES string of the molecule is O=P([O-])([O-])C(O)(Cc1ccccc1)P(=O)([O-])[O-]. The highest BCUT2D eigenvalue weighted by Crippen LogP contribution is 2.60. The van der Waals surface area contributed by atoms with Crippen molar-refractivity contribution in [3.8, 4) is 0 Å². The maximum atomic E-state index is 10.8. The van der Waals surface area contributed by atoms with Crippen LogP contribution in [-0.2, 0) is 15.6 Å². The lowest BCUT2D eigenvalue weighted by Gasteiger charge is -2.56. The van der Waals surface area contributed by atoms with Gasteiger partial charge in [0, 0.05) is 6.42 Å². The second-order valence-electron chi connectivity index (χ2n) is 3.43. The Bertz CT molecular complexity index is 452. The summed E-state index contributed by atoms with van der Waals surface area (Å²) in [5.74, 6) is 0. The predicted octanol–water partition coefficient (Wildman–Crippen LogP) is -2.30. The third-order valence-corrected chi connectivity index (χ3v) is 5.70. The van der Waals surface area contributed by atoms with Crippen LogP contribution in [0.5, 0.6) is 0 Å². The summed E-state index contributed by atoms with van der Waals surface area (Å²) in [6, 6.07) is 7.02. The van der Waals surface area contributed by atoms with E-state index >= 15 is 0 Å². The van der Waals surface area contributed by atoms with Gasteiger partial charge in [-0.1, -0.05) is 30.3 Å². The van der Waals surface area contributed by atoms with Gasteiger partial charge in [0.25, 0.3) is 0 Å². The Balaban J connectivity index is 3.20. The van der Waals surface area contributed by atoms with Gasteiger partial charge in [-0.2, -0.15) is 0 Å². The van der Waals surface area contributed by atoms with E-state index in [1.165, 1.54) is 24.3 Å². The van der Waals surface area contributed by atoms with Crippen molar-refractivity contribution in [1.29, 1.82) is 0 Å². The van der Waals surface area contributed by atoms with Gasteiger partial charge in [0.15, 0.2) is 0 Å². The van der Waals surface area contributed by atoms with Crippen LogP contribution in [0.2, 0.25) is 0 Å². The summed E-state index contributed by atoms with van der Waals surface area (Å²) >= 11 is 0. The third-order valence-electron chi connectivity index (χ3n) is 2.16. The topological polar surface area (TPSA) is 147 Å². The fourth-order valence-electron chi connectivity index (χ4n) is 1.21. The molecule has 1 aromatic carbocycles. The van der Waals surface area contributed by atoms with Crippen LogP contribution in [0, 0.1) is 0 Å². The fraction of sp³-hybridized carbons (Fsp3) is 0.250. The Morgan fingerprint density at radius 3 is 1.76 bits per heavy atom. The molecule has 1 N–H and O–H groups in total. The maximum absolute atomic E-state index is 10.8. The first-order valence-electron chi connectivity index (χ1n) is 4.38. The molecule has 0 aliphatic heterocycles. The van der Waals surface area contributed by atoms with E-state index in [-0.39, 0.29) is 5.56 Å². The van der Waals surface area contributed by atoms with Crippen LogP contribution < -0.4 is 19.6 Å². The lowest BCUT2D eigenvalue weighted by Crippen LogP contribution is -2.47. The summed E-state index contributed by atoms with van der Waals surface area (Å²) in [7, 11) is -12.0. The van der Waals surface area contributed by atoms with Gasteiger partial charge in [0.05, 0.1) is 0 Å². The van der Waals surface area contributed by atoms with Crippen LogP contribution >= 0.6 is 15.2 Å². The predicted molar refractivity (Wildman–Crippen MR) is 50.3 cm³/mol. The highest BCUT2D eigenvalue weighted by molar-refractivity contribution is 7.69. The standard InChI is InChI=1S/C8H12O7P2/c9-8(16(10,11)12,17(13,14)15)6-7-4-2-1-3-5-7/h1-5,9H,6H2,(H2,10,11,12)(H2,13,14,15)/p-4. The van der Waals surface area contributed by atoms with Crippen molar-refractivity contribution < 1.29 is 33.8 Å². The van der Waals surface area contributed by atoms with Crippen LogP contribution in [0.15, 0.2) is 30.3 Å². The summed E-state index contributed by atoms with van der Waals surface area (Å²) in [5, 5.41) is 5.53. The van der Waals surface area contributed by atoms with Gasteiger partial charge in [0.1, 0.15) is 5.08 Å². The van der Waals surface area contributed by atoms with Crippen molar-refractivity contribution in [1.82, 2.24) is 0 Å². The zero-order valence-corrected chi connectivity index (χ0v) is 10.2. The molecule has 96 valence electrons. The van der Waals surface area contributed by atoms with Crippen LogP contribution in [0.4, 0.5) is 0 Å². The lowest BCUT2D eigenvalue weighted by atomic mass is 10.2. The normalized spacial score (nSPS) is 13.7. The Kier molecular flexibility index (Phi) is 3.96. The van der Waals surface area contributed by atoms with E-state index in [1.54, 1.807) is 6.07 Å². The molecule has 0 aliphatic carbocycles.